The first-order valence-electron chi connectivity index (χ1n) is 10.7. The van der Waals surface area contributed by atoms with E-state index in [2.05, 4.69) is 15.2 Å². The highest BCUT2D eigenvalue weighted by Crippen LogP contribution is 2.35. The van der Waals surface area contributed by atoms with Gasteiger partial charge in [0.15, 0.2) is 5.96 Å². The normalized spacial score (nSPS) is 17.5. The van der Waals surface area contributed by atoms with E-state index in [1.54, 1.807) is 27.0 Å². The third kappa shape index (κ3) is 8.22. The standard InChI is InChI=1S/C22H34F3N3O3/c1-5-26-21(28-9-8-17(14-28)15-30-11-10-29-4)27-13-18-6-7-19(31-16(2)3)12-20(18)22(23,24)25/h6-7,12,16-17H,5,8-11,13-15H2,1-4H3,(H,26,27). The zero-order valence-electron chi connectivity index (χ0n) is 18.8. The van der Waals surface area contributed by atoms with E-state index in [1.165, 1.54) is 6.07 Å². The van der Waals surface area contributed by atoms with Gasteiger partial charge < -0.3 is 24.4 Å². The number of nitrogens with zero attached hydrogens (tertiary/aromatic N) is 2. The molecule has 0 bridgehead atoms. The molecule has 1 fully saturated rings. The third-order valence-electron chi connectivity index (χ3n) is 4.86. The summed E-state index contributed by atoms with van der Waals surface area (Å²) in [4.78, 5) is 6.59. The predicted molar refractivity (Wildman–Crippen MR) is 114 cm³/mol. The molecule has 176 valence electrons. The average molecular weight is 446 g/mol. The summed E-state index contributed by atoms with van der Waals surface area (Å²) in [5.41, 5.74) is -0.589. The Hall–Kier alpha value is -2.00. The average Bonchev–Trinajstić information content (AvgIpc) is 3.17. The molecule has 1 aromatic carbocycles. The van der Waals surface area contributed by atoms with Crippen molar-refractivity contribution in [1.29, 1.82) is 0 Å². The fraction of sp³-hybridized carbons (Fsp3) is 0.682. The molecule has 0 aromatic heterocycles. The molecular formula is C22H34F3N3O3. The van der Waals surface area contributed by atoms with Gasteiger partial charge in [-0.3, -0.25) is 0 Å². The molecule has 0 amide bonds. The van der Waals surface area contributed by atoms with Crippen LogP contribution in [0.4, 0.5) is 13.2 Å². The van der Waals surface area contributed by atoms with Gasteiger partial charge in [0.1, 0.15) is 5.75 Å². The quantitative estimate of drug-likeness (QED) is 0.336. The first kappa shape index (κ1) is 25.3. The number of alkyl halides is 3. The maximum atomic E-state index is 13.6. The number of benzene rings is 1. The lowest BCUT2D eigenvalue weighted by molar-refractivity contribution is -0.138. The Kier molecular flexibility index (Phi) is 9.90. The van der Waals surface area contributed by atoms with Crippen molar-refractivity contribution in [3.63, 3.8) is 0 Å². The van der Waals surface area contributed by atoms with Crippen LogP contribution in [0.5, 0.6) is 5.75 Å². The van der Waals surface area contributed by atoms with Gasteiger partial charge in [-0.1, -0.05) is 6.07 Å². The fourth-order valence-electron chi connectivity index (χ4n) is 3.44. The molecule has 1 aliphatic rings. The van der Waals surface area contributed by atoms with E-state index < -0.39 is 11.7 Å². The van der Waals surface area contributed by atoms with Crippen LogP contribution in [0.15, 0.2) is 23.2 Å². The highest BCUT2D eigenvalue weighted by molar-refractivity contribution is 5.80. The molecule has 0 aliphatic carbocycles. The number of hydrogen-bond acceptors (Lipinski definition) is 4. The Bertz CT molecular complexity index is 711. The molecule has 1 unspecified atom stereocenters. The van der Waals surface area contributed by atoms with Gasteiger partial charge in [0.25, 0.3) is 0 Å². The van der Waals surface area contributed by atoms with Crippen molar-refractivity contribution in [2.75, 3.05) is 46.6 Å². The number of halogens is 3. The maximum Gasteiger partial charge on any atom is 0.416 e. The lowest BCUT2D eigenvalue weighted by Crippen LogP contribution is -2.40. The Balaban J connectivity index is 2.09. The molecular weight excluding hydrogens is 411 g/mol. The number of nitrogens with one attached hydrogen (secondary N) is 1. The lowest BCUT2D eigenvalue weighted by atomic mass is 10.1. The van der Waals surface area contributed by atoms with E-state index in [4.69, 9.17) is 14.2 Å². The number of hydrogen-bond donors (Lipinski definition) is 1. The molecule has 6 nitrogen and oxygen atoms in total. The highest BCUT2D eigenvalue weighted by atomic mass is 19.4. The minimum atomic E-state index is -4.47. The minimum Gasteiger partial charge on any atom is -0.491 e. The van der Waals surface area contributed by atoms with Crippen LogP contribution in [0, 0.1) is 5.92 Å². The zero-order valence-corrected chi connectivity index (χ0v) is 18.8. The largest absolute Gasteiger partial charge is 0.491 e. The number of ether oxygens (including phenoxy) is 3. The van der Waals surface area contributed by atoms with Crippen LogP contribution in [0.25, 0.3) is 0 Å². The predicted octanol–water partition coefficient (Wildman–Crippen LogP) is 3.94. The number of rotatable bonds is 10. The van der Waals surface area contributed by atoms with Crippen molar-refractivity contribution in [1.82, 2.24) is 10.2 Å². The molecule has 0 saturated carbocycles. The van der Waals surface area contributed by atoms with Crippen molar-refractivity contribution in [2.24, 2.45) is 10.9 Å². The Morgan fingerprint density at radius 2 is 2.06 bits per heavy atom. The first-order chi connectivity index (χ1) is 14.7. The van der Waals surface area contributed by atoms with Gasteiger partial charge in [-0.05, 0) is 44.9 Å². The van der Waals surface area contributed by atoms with Gasteiger partial charge in [0.2, 0.25) is 0 Å². The molecule has 1 N–H and O–H groups in total. The van der Waals surface area contributed by atoms with Crippen LogP contribution in [0.1, 0.15) is 38.3 Å². The molecule has 31 heavy (non-hydrogen) atoms. The van der Waals surface area contributed by atoms with Crippen LogP contribution in [0.2, 0.25) is 0 Å². The second kappa shape index (κ2) is 12.1. The summed E-state index contributed by atoms with van der Waals surface area (Å²) in [5, 5.41) is 3.20. The van der Waals surface area contributed by atoms with E-state index in [0.29, 0.717) is 38.2 Å². The van der Waals surface area contributed by atoms with Gasteiger partial charge in [-0.25, -0.2) is 4.99 Å². The second-order valence-electron chi connectivity index (χ2n) is 7.82. The highest BCUT2D eigenvalue weighted by Gasteiger charge is 2.34. The summed E-state index contributed by atoms with van der Waals surface area (Å²) in [6.07, 6.45) is -3.73. The van der Waals surface area contributed by atoms with Gasteiger partial charge in [-0.15, -0.1) is 0 Å². The van der Waals surface area contributed by atoms with Crippen molar-refractivity contribution in [2.45, 2.75) is 46.0 Å². The van der Waals surface area contributed by atoms with Crippen molar-refractivity contribution >= 4 is 5.96 Å². The Morgan fingerprint density at radius 1 is 1.29 bits per heavy atom. The van der Waals surface area contributed by atoms with Gasteiger partial charge in [0.05, 0.1) is 38.0 Å². The number of aliphatic imine (C=N–C) groups is 1. The topological polar surface area (TPSA) is 55.3 Å². The number of methoxy groups -OCH3 is 1. The first-order valence-corrected chi connectivity index (χ1v) is 10.7. The summed E-state index contributed by atoms with van der Waals surface area (Å²) in [6.45, 7) is 9.36. The second-order valence-corrected chi connectivity index (χ2v) is 7.82. The zero-order chi connectivity index (χ0) is 22.9. The summed E-state index contributed by atoms with van der Waals surface area (Å²) >= 11 is 0. The minimum absolute atomic E-state index is 0.0648. The number of guanidine groups is 1. The van der Waals surface area contributed by atoms with Crippen LogP contribution < -0.4 is 10.1 Å². The van der Waals surface area contributed by atoms with Crippen LogP contribution in [-0.2, 0) is 22.2 Å². The maximum absolute atomic E-state index is 13.6. The monoisotopic (exact) mass is 445 g/mol. The molecule has 1 heterocycles. The van der Waals surface area contributed by atoms with E-state index >= 15 is 0 Å². The summed E-state index contributed by atoms with van der Waals surface area (Å²) < 4.78 is 56.9. The summed E-state index contributed by atoms with van der Waals surface area (Å²) in [7, 11) is 1.63. The Labute approximate surface area is 182 Å². The molecule has 1 aromatic rings. The van der Waals surface area contributed by atoms with Crippen LogP contribution in [-0.4, -0.2) is 63.5 Å². The fourth-order valence-corrected chi connectivity index (χ4v) is 3.44. The van der Waals surface area contributed by atoms with Crippen molar-refractivity contribution in [3.8, 4) is 5.75 Å². The molecule has 0 spiro atoms. The summed E-state index contributed by atoms with van der Waals surface area (Å²) in [6, 6.07) is 4.07. The molecule has 0 radical (unpaired) electrons. The van der Waals surface area contributed by atoms with Crippen LogP contribution in [0.3, 0.4) is 0 Å². The van der Waals surface area contributed by atoms with Gasteiger partial charge in [0, 0.05) is 32.7 Å². The van der Waals surface area contributed by atoms with Crippen LogP contribution >= 0.6 is 0 Å². The molecule has 1 aliphatic heterocycles. The van der Waals surface area contributed by atoms with E-state index in [-0.39, 0.29) is 24.0 Å². The van der Waals surface area contributed by atoms with Gasteiger partial charge in [-0.2, -0.15) is 13.2 Å². The van der Waals surface area contributed by atoms with E-state index in [0.717, 1.165) is 25.6 Å². The SMILES string of the molecule is CCNC(=NCc1ccc(OC(C)C)cc1C(F)(F)F)N1CCC(COCCOC)C1. The molecule has 1 saturated heterocycles. The summed E-state index contributed by atoms with van der Waals surface area (Å²) in [5.74, 6) is 1.19. The third-order valence-corrected chi connectivity index (χ3v) is 4.86. The molecule has 9 heteroatoms. The lowest BCUT2D eigenvalue weighted by Gasteiger charge is -2.22. The Morgan fingerprint density at radius 3 is 2.71 bits per heavy atom. The molecule has 1 atom stereocenters. The van der Waals surface area contributed by atoms with Crippen molar-refractivity contribution in [3.05, 3.63) is 29.3 Å². The van der Waals surface area contributed by atoms with E-state index in [1.807, 2.05) is 6.92 Å². The van der Waals surface area contributed by atoms with Crippen molar-refractivity contribution < 1.29 is 27.4 Å². The van der Waals surface area contributed by atoms with E-state index in [9.17, 15) is 13.2 Å². The molecule has 2 rings (SSSR count). The smallest absolute Gasteiger partial charge is 0.416 e. The van der Waals surface area contributed by atoms with Gasteiger partial charge >= 0.3 is 6.18 Å². The number of likely N-dealkylation sites (tertiary alicyclic amines) is 1.